The molecule has 6 heteroatoms. The summed E-state index contributed by atoms with van der Waals surface area (Å²) in [6, 6.07) is 12.7. The predicted octanol–water partition coefficient (Wildman–Crippen LogP) is 3.18. The summed E-state index contributed by atoms with van der Waals surface area (Å²) in [7, 11) is 1.62. The van der Waals surface area contributed by atoms with Crippen LogP contribution >= 0.6 is 0 Å². The number of carboxylic acids is 1. The number of benzene rings is 2. The Morgan fingerprint density at radius 3 is 2.52 bits per heavy atom. The Morgan fingerprint density at radius 1 is 1.07 bits per heavy atom. The maximum absolute atomic E-state index is 11.1. The molecule has 1 heterocycles. The van der Waals surface area contributed by atoms with E-state index < -0.39 is 5.97 Å². The minimum Gasteiger partial charge on any atom is -0.493 e. The van der Waals surface area contributed by atoms with Crippen LogP contribution in [0.25, 0.3) is 0 Å². The second-order valence-electron chi connectivity index (χ2n) is 8.12. The van der Waals surface area contributed by atoms with Crippen molar-refractivity contribution in [2.24, 2.45) is 11.8 Å². The van der Waals surface area contributed by atoms with Gasteiger partial charge in [-0.1, -0.05) is 18.2 Å². The summed E-state index contributed by atoms with van der Waals surface area (Å²) in [4.78, 5) is 13.6. The highest BCUT2D eigenvalue weighted by atomic mass is 16.5. The van der Waals surface area contributed by atoms with Gasteiger partial charge >= 0.3 is 5.97 Å². The lowest BCUT2D eigenvalue weighted by Crippen LogP contribution is -2.22. The van der Waals surface area contributed by atoms with Crippen LogP contribution in [0.15, 0.2) is 42.5 Å². The van der Waals surface area contributed by atoms with E-state index in [1.54, 1.807) is 25.3 Å². The zero-order valence-corrected chi connectivity index (χ0v) is 16.6. The molecule has 154 valence electrons. The number of aromatic carboxylic acids is 1. The van der Waals surface area contributed by atoms with Crippen molar-refractivity contribution in [2.45, 2.75) is 32.1 Å². The summed E-state index contributed by atoms with van der Waals surface area (Å²) in [5.41, 5.74) is 2.21. The van der Waals surface area contributed by atoms with E-state index in [1.165, 1.54) is 5.56 Å². The molecule has 2 aliphatic rings. The van der Waals surface area contributed by atoms with Crippen LogP contribution in [0.2, 0.25) is 0 Å². The van der Waals surface area contributed by atoms with E-state index in [1.807, 2.05) is 18.2 Å². The fraction of sp³-hybridized carbons (Fsp3) is 0.435. The highest BCUT2D eigenvalue weighted by molar-refractivity contribution is 5.87. The predicted molar refractivity (Wildman–Crippen MR) is 108 cm³/mol. The van der Waals surface area contributed by atoms with Crippen LogP contribution in [-0.2, 0) is 13.2 Å². The van der Waals surface area contributed by atoms with Gasteiger partial charge in [0.25, 0.3) is 0 Å². The third-order valence-electron chi connectivity index (χ3n) is 6.00. The molecule has 0 bridgehead atoms. The largest absolute Gasteiger partial charge is 0.493 e. The Balaban J connectivity index is 1.38. The summed E-state index contributed by atoms with van der Waals surface area (Å²) < 4.78 is 11.4. The number of carbonyl (C=O) groups is 1. The molecule has 1 aliphatic carbocycles. The first-order valence-corrected chi connectivity index (χ1v) is 10.0. The number of nitrogens with zero attached hydrogens (tertiary/aromatic N) is 1. The Kier molecular flexibility index (Phi) is 5.74. The number of ether oxygens (including phenoxy) is 2. The molecule has 1 unspecified atom stereocenters. The molecule has 2 aromatic rings. The fourth-order valence-corrected chi connectivity index (χ4v) is 4.64. The molecule has 0 amide bonds. The molecule has 29 heavy (non-hydrogen) atoms. The first-order valence-electron chi connectivity index (χ1n) is 10.0. The number of methoxy groups -OCH3 is 1. The van der Waals surface area contributed by atoms with Gasteiger partial charge in [0.1, 0.15) is 6.61 Å². The van der Waals surface area contributed by atoms with Gasteiger partial charge in [-0.15, -0.1) is 0 Å². The molecule has 2 aromatic carbocycles. The number of hydrogen-bond acceptors (Lipinski definition) is 5. The number of carboxylic acid groups (broad SMARTS) is 1. The van der Waals surface area contributed by atoms with Gasteiger partial charge in [0.15, 0.2) is 11.5 Å². The number of hydrogen-bond donors (Lipinski definition) is 2. The van der Waals surface area contributed by atoms with Crippen LogP contribution in [0.5, 0.6) is 11.5 Å². The van der Waals surface area contributed by atoms with Crippen LogP contribution in [0.4, 0.5) is 0 Å². The summed E-state index contributed by atoms with van der Waals surface area (Å²) >= 11 is 0. The molecule has 3 atom stereocenters. The zero-order chi connectivity index (χ0) is 20.4. The van der Waals surface area contributed by atoms with E-state index in [-0.39, 0.29) is 18.3 Å². The molecule has 2 N–H and O–H groups in total. The molecule has 0 aromatic heterocycles. The Bertz CT molecular complexity index is 869. The summed E-state index contributed by atoms with van der Waals surface area (Å²) in [6.07, 6.45) is 1.75. The van der Waals surface area contributed by atoms with Gasteiger partial charge < -0.3 is 19.7 Å². The van der Waals surface area contributed by atoms with E-state index in [9.17, 15) is 9.90 Å². The molecular weight excluding hydrogens is 370 g/mol. The maximum atomic E-state index is 11.1. The number of likely N-dealkylation sites (tertiary alicyclic amines) is 1. The third-order valence-corrected chi connectivity index (χ3v) is 6.00. The molecule has 1 aliphatic heterocycles. The van der Waals surface area contributed by atoms with E-state index >= 15 is 0 Å². The van der Waals surface area contributed by atoms with Gasteiger partial charge in [-0.05, 0) is 60.1 Å². The first kappa shape index (κ1) is 19.7. The van der Waals surface area contributed by atoms with Gasteiger partial charge in [-0.2, -0.15) is 0 Å². The molecule has 4 rings (SSSR count). The van der Waals surface area contributed by atoms with Crippen molar-refractivity contribution < 1.29 is 24.5 Å². The highest BCUT2D eigenvalue weighted by Gasteiger charge is 2.39. The fourth-order valence-electron chi connectivity index (χ4n) is 4.64. The minimum atomic E-state index is -0.950. The Labute approximate surface area is 170 Å². The molecular formula is C23H27NO5. The smallest absolute Gasteiger partial charge is 0.335 e. The minimum absolute atomic E-state index is 0.111. The van der Waals surface area contributed by atoms with Crippen molar-refractivity contribution >= 4 is 5.97 Å². The van der Waals surface area contributed by atoms with Crippen LogP contribution in [0, 0.1) is 11.8 Å². The lowest BCUT2D eigenvalue weighted by atomic mass is 10.0. The Morgan fingerprint density at radius 2 is 1.83 bits per heavy atom. The molecule has 6 nitrogen and oxygen atoms in total. The number of aliphatic hydroxyl groups is 1. The van der Waals surface area contributed by atoms with E-state index in [2.05, 4.69) is 11.0 Å². The van der Waals surface area contributed by atoms with Crippen molar-refractivity contribution in [3.8, 4) is 11.5 Å². The van der Waals surface area contributed by atoms with Gasteiger partial charge in [0.2, 0.25) is 0 Å². The molecule has 2 fully saturated rings. The topological polar surface area (TPSA) is 79.2 Å². The third kappa shape index (κ3) is 4.54. The molecule has 1 saturated heterocycles. The van der Waals surface area contributed by atoms with Crippen LogP contribution in [0.1, 0.15) is 34.3 Å². The van der Waals surface area contributed by atoms with Crippen molar-refractivity contribution in [1.82, 2.24) is 4.90 Å². The van der Waals surface area contributed by atoms with E-state index in [0.29, 0.717) is 23.3 Å². The van der Waals surface area contributed by atoms with E-state index in [4.69, 9.17) is 14.6 Å². The summed E-state index contributed by atoms with van der Waals surface area (Å²) in [6.45, 7) is 3.22. The molecule has 0 radical (unpaired) electrons. The van der Waals surface area contributed by atoms with Gasteiger partial charge in [-0.3, -0.25) is 4.90 Å². The summed E-state index contributed by atoms with van der Waals surface area (Å²) in [5, 5.41) is 18.9. The monoisotopic (exact) mass is 397 g/mol. The van der Waals surface area contributed by atoms with Gasteiger partial charge in [0.05, 0.1) is 18.8 Å². The second kappa shape index (κ2) is 8.43. The standard InChI is InChI=1S/C23H27NO5/c1-28-22-8-15(11-24-12-18-9-20(25)10-19(18)13-24)5-6-21(22)29-14-16-3-2-4-17(7-16)23(26)27/h2-8,18-20,25H,9-14H2,1H3,(H,26,27)/t18-,19+,20?. The SMILES string of the molecule is COc1cc(CN2C[C@H]3CC(O)C[C@H]3C2)ccc1OCc1cccc(C(=O)O)c1. The molecule has 0 spiro atoms. The first-order chi connectivity index (χ1) is 14.0. The van der Waals surface area contributed by atoms with Crippen molar-refractivity contribution in [2.75, 3.05) is 20.2 Å². The lowest BCUT2D eigenvalue weighted by molar-refractivity contribution is 0.0696. The van der Waals surface area contributed by atoms with E-state index in [0.717, 1.165) is 38.0 Å². The summed E-state index contributed by atoms with van der Waals surface area (Å²) in [5.74, 6) is 1.60. The van der Waals surface area contributed by atoms with Crippen LogP contribution in [-0.4, -0.2) is 47.4 Å². The quantitative estimate of drug-likeness (QED) is 0.747. The number of fused-ring (bicyclic) bond motifs is 1. The Hall–Kier alpha value is -2.57. The van der Waals surface area contributed by atoms with Gasteiger partial charge in [-0.25, -0.2) is 4.79 Å². The normalized spacial score (nSPS) is 23.7. The van der Waals surface area contributed by atoms with Gasteiger partial charge in [0, 0.05) is 19.6 Å². The highest BCUT2D eigenvalue weighted by Crippen LogP contribution is 2.39. The maximum Gasteiger partial charge on any atom is 0.335 e. The average molecular weight is 397 g/mol. The van der Waals surface area contributed by atoms with Crippen molar-refractivity contribution in [3.63, 3.8) is 0 Å². The second-order valence-corrected chi connectivity index (χ2v) is 8.12. The number of rotatable bonds is 7. The number of aliphatic hydroxyl groups excluding tert-OH is 1. The van der Waals surface area contributed by atoms with Crippen LogP contribution in [0.3, 0.4) is 0 Å². The lowest BCUT2D eigenvalue weighted by Gasteiger charge is -2.19. The average Bonchev–Trinajstić information content (AvgIpc) is 3.23. The zero-order valence-electron chi connectivity index (χ0n) is 16.6. The van der Waals surface area contributed by atoms with Crippen LogP contribution < -0.4 is 9.47 Å². The molecule has 1 saturated carbocycles. The van der Waals surface area contributed by atoms with Crippen molar-refractivity contribution in [1.29, 1.82) is 0 Å². The van der Waals surface area contributed by atoms with Crippen molar-refractivity contribution in [3.05, 3.63) is 59.2 Å².